The molecule has 1 atom stereocenters. The molecule has 0 bridgehead atoms. The standard InChI is InChI=1S/C11H13ClO3/c1-3-8(11(12)13)15-10-7-5-4-6-9(10)14-2/h4-8H,3H2,1-2H3. The Labute approximate surface area is 93.9 Å². The molecule has 0 N–H and O–H groups in total. The number of hydrogen-bond donors (Lipinski definition) is 0. The van der Waals surface area contributed by atoms with E-state index in [0.29, 0.717) is 17.9 Å². The average molecular weight is 229 g/mol. The first-order chi connectivity index (χ1) is 7.19. The Bertz CT molecular complexity index is 338. The van der Waals surface area contributed by atoms with Crippen molar-refractivity contribution in [2.75, 3.05) is 7.11 Å². The molecule has 0 aliphatic carbocycles. The van der Waals surface area contributed by atoms with Crippen molar-refractivity contribution in [3.05, 3.63) is 24.3 Å². The summed E-state index contributed by atoms with van der Waals surface area (Å²) < 4.78 is 10.5. The second kappa shape index (κ2) is 5.61. The van der Waals surface area contributed by atoms with Crippen LogP contribution >= 0.6 is 11.6 Å². The van der Waals surface area contributed by atoms with Crippen LogP contribution in [0.5, 0.6) is 11.5 Å². The van der Waals surface area contributed by atoms with Gasteiger partial charge in [-0.05, 0) is 30.2 Å². The third kappa shape index (κ3) is 3.13. The van der Waals surface area contributed by atoms with Crippen molar-refractivity contribution < 1.29 is 14.3 Å². The third-order valence-corrected chi connectivity index (χ3v) is 2.21. The molecule has 0 saturated heterocycles. The summed E-state index contributed by atoms with van der Waals surface area (Å²) in [6, 6.07) is 7.14. The minimum absolute atomic E-state index is 0.497. The summed E-state index contributed by atoms with van der Waals surface area (Å²) in [6.07, 6.45) is -0.0941. The Balaban J connectivity index is 2.82. The van der Waals surface area contributed by atoms with Gasteiger partial charge in [0.1, 0.15) is 0 Å². The van der Waals surface area contributed by atoms with Crippen molar-refractivity contribution in [3.63, 3.8) is 0 Å². The monoisotopic (exact) mass is 228 g/mol. The number of ether oxygens (including phenoxy) is 2. The number of para-hydroxylation sites is 2. The first-order valence-electron chi connectivity index (χ1n) is 4.68. The predicted octanol–water partition coefficient (Wildman–Crippen LogP) is 2.62. The zero-order valence-electron chi connectivity index (χ0n) is 8.70. The Morgan fingerprint density at radius 2 is 2.00 bits per heavy atom. The van der Waals surface area contributed by atoms with Crippen LogP contribution in [0.25, 0.3) is 0 Å². The van der Waals surface area contributed by atoms with E-state index >= 15 is 0 Å². The van der Waals surface area contributed by atoms with E-state index in [0.717, 1.165) is 0 Å². The van der Waals surface area contributed by atoms with Gasteiger partial charge in [0.15, 0.2) is 17.6 Å². The number of methoxy groups -OCH3 is 1. The van der Waals surface area contributed by atoms with Gasteiger partial charge in [-0.25, -0.2) is 0 Å². The van der Waals surface area contributed by atoms with Gasteiger partial charge in [-0.2, -0.15) is 0 Å². The van der Waals surface area contributed by atoms with Crippen LogP contribution in [0.3, 0.4) is 0 Å². The van der Waals surface area contributed by atoms with Crippen LogP contribution < -0.4 is 9.47 Å². The van der Waals surface area contributed by atoms with E-state index in [4.69, 9.17) is 21.1 Å². The number of hydrogen-bond acceptors (Lipinski definition) is 3. The third-order valence-electron chi connectivity index (χ3n) is 1.96. The van der Waals surface area contributed by atoms with Crippen molar-refractivity contribution >= 4 is 16.8 Å². The lowest BCUT2D eigenvalue weighted by Crippen LogP contribution is -2.22. The molecule has 3 nitrogen and oxygen atoms in total. The van der Waals surface area contributed by atoms with E-state index in [2.05, 4.69) is 0 Å². The Morgan fingerprint density at radius 3 is 2.47 bits per heavy atom. The molecule has 0 aromatic heterocycles. The van der Waals surface area contributed by atoms with E-state index < -0.39 is 11.3 Å². The smallest absolute Gasteiger partial charge is 0.262 e. The zero-order chi connectivity index (χ0) is 11.3. The molecule has 0 aliphatic heterocycles. The van der Waals surface area contributed by atoms with Crippen LogP contribution in [0, 0.1) is 0 Å². The highest BCUT2D eigenvalue weighted by molar-refractivity contribution is 6.64. The number of benzene rings is 1. The van der Waals surface area contributed by atoms with Crippen molar-refractivity contribution in [2.24, 2.45) is 0 Å². The van der Waals surface area contributed by atoms with Gasteiger partial charge in [0.05, 0.1) is 7.11 Å². The molecule has 1 aromatic rings. The van der Waals surface area contributed by atoms with Gasteiger partial charge in [0.25, 0.3) is 5.24 Å². The molecule has 0 amide bonds. The summed E-state index contributed by atoms with van der Waals surface area (Å²) in [5.74, 6) is 1.12. The fourth-order valence-electron chi connectivity index (χ4n) is 1.16. The molecular weight excluding hydrogens is 216 g/mol. The summed E-state index contributed by atoms with van der Waals surface area (Å²) in [5.41, 5.74) is 0. The molecule has 0 heterocycles. The van der Waals surface area contributed by atoms with Crippen LogP contribution in [-0.2, 0) is 4.79 Å². The molecule has 0 aliphatic rings. The number of rotatable bonds is 5. The molecule has 1 rings (SSSR count). The Morgan fingerprint density at radius 1 is 1.40 bits per heavy atom. The van der Waals surface area contributed by atoms with Crippen LogP contribution in [0.2, 0.25) is 0 Å². The normalized spacial score (nSPS) is 11.9. The van der Waals surface area contributed by atoms with Crippen molar-refractivity contribution in [1.82, 2.24) is 0 Å². The van der Waals surface area contributed by atoms with Gasteiger partial charge in [-0.3, -0.25) is 4.79 Å². The molecule has 15 heavy (non-hydrogen) atoms. The van der Waals surface area contributed by atoms with Crippen LogP contribution in [-0.4, -0.2) is 18.5 Å². The SMILES string of the molecule is CCC(Oc1ccccc1OC)C(=O)Cl. The largest absolute Gasteiger partial charge is 0.493 e. The van der Waals surface area contributed by atoms with Crippen LogP contribution in [0.15, 0.2) is 24.3 Å². The van der Waals surface area contributed by atoms with Crippen molar-refractivity contribution in [1.29, 1.82) is 0 Å². The lowest BCUT2D eigenvalue weighted by atomic mass is 10.3. The second-order valence-electron chi connectivity index (χ2n) is 2.97. The second-order valence-corrected chi connectivity index (χ2v) is 3.34. The quantitative estimate of drug-likeness (QED) is 0.727. The number of carbonyl (C=O) groups is 1. The summed E-state index contributed by atoms with van der Waals surface area (Å²) in [5, 5.41) is -0.497. The van der Waals surface area contributed by atoms with E-state index in [9.17, 15) is 4.79 Å². The molecule has 0 fully saturated rings. The molecule has 4 heteroatoms. The highest BCUT2D eigenvalue weighted by atomic mass is 35.5. The summed E-state index contributed by atoms with van der Waals surface area (Å²) in [4.78, 5) is 11.0. The van der Waals surface area contributed by atoms with Crippen LogP contribution in [0.1, 0.15) is 13.3 Å². The maximum absolute atomic E-state index is 11.0. The fraction of sp³-hybridized carbons (Fsp3) is 0.364. The summed E-state index contributed by atoms with van der Waals surface area (Å²) in [6.45, 7) is 1.83. The van der Waals surface area contributed by atoms with Gasteiger partial charge in [-0.1, -0.05) is 19.1 Å². The first kappa shape index (κ1) is 11.9. The molecule has 82 valence electrons. The minimum atomic E-state index is -0.622. The molecule has 1 unspecified atom stereocenters. The van der Waals surface area contributed by atoms with Crippen LogP contribution in [0.4, 0.5) is 0 Å². The Kier molecular flexibility index (Phi) is 4.43. The van der Waals surface area contributed by atoms with E-state index in [1.165, 1.54) is 0 Å². The molecule has 0 saturated carbocycles. The van der Waals surface area contributed by atoms with Crippen molar-refractivity contribution in [2.45, 2.75) is 19.4 Å². The number of carbonyl (C=O) groups excluding carboxylic acids is 1. The number of halogens is 1. The maximum atomic E-state index is 11.0. The van der Waals surface area contributed by atoms with Gasteiger partial charge in [0.2, 0.25) is 0 Å². The lowest BCUT2D eigenvalue weighted by molar-refractivity contribution is -0.118. The summed E-state index contributed by atoms with van der Waals surface area (Å²) in [7, 11) is 1.55. The van der Waals surface area contributed by atoms with Gasteiger partial charge >= 0.3 is 0 Å². The molecule has 1 aromatic carbocycles. The molecular formula is C11H13ClO3. The first-order valence-corrected chi connectivity index (χ1v) is 5.05. The average Bonchev–Trinajstić information content (AvgIpc) is 2.25. The topological polar surface area (TPSA) is 35.5 Å². The Hall–Kier alpha value is -1.22. The van der Waals surface area contributed by atoms with Gasteiger partial charge in [-0.15, -0.1) is 0 Å². The summed E-state index contributed by atoms with van der Waals surface area (Å²) >= 11 is 5.38. The van der Waals surface area contributed by atoms with E-state index in [-0.39, 0.29) is 0 Å². The van der Waals surface area contributed by atoms with Crippen molar-refractivity contribution in [3.8, 4) is 11.5 Å². The van der Waals surface area contributed by atoms with E-state index in [1.807, 2.05) is 19.1 Å². The highest BCUT2D eigenvalue weighted by Crippen LogP contribution is 2.27. The maximum Gasteiger partial charge on any atom is 0.262 e. The lowest BCUT2D eigenvalue weighted by Gasteiger charge is -2.15. The van der Waals surface area contributed by atoms with Gasteiger partial charge < -0.3 is 9.47 Å². The highest BCUT2D eigenvalue weighted by Gasteiger charge is 2.17. The predicted molar refractivity (Wildman–Crippen MR) is 58.6 cm³/mol. The van der Waals surface area contributed by atoms with Gasteiger partial charge in [0, 0.05) is 0 Å². The molecule has 0 spiro atoms. The molecule has 0 radical (unpaired) electrons. The zero-order valence-corrected chi connectivity index (χ0v) is 9.45. The fourth-order valence-corrected chi connectivity index (χ4v) is 1.36. The minimum Gasteiger partial charge on any atom is -0.493 e. The van der Waals surface area contributed by atoms with E-state index in [1.54, 1.807) is 19.2 Å².